The van der Waals surface area contributed by atoms with Gasteiger partial charge in [-0.05, 0) is 43.0 Å². The van der Waals surface area contributed by atoms with Crippen LogP contribution in [0.1, 0.15) is 24.0 Å². The molecule has 0 saturated carbocycles. The number of hydrogen-bond acceptors (Lipinski definition) is 3. The number of nitrogens with zero attached hydrogens (tertiary/aromatic N) is 1. The molecule has 4 rings (SSSR count). The average molecular weight is 338 g/mol. The van der Waals surface area contributed by atoms with Gasteiger partial charge in [0.2, 0.25) is 0 Å². The van der Waals surface area contributed by atoms with Crippen LogP contribution in [0, 0.1) is 0 Å². The van der Waals surface area contributed by atoms with Gasteiger partial charge in [-0.3, -0.25) is 0 Å². The highest BCUT2D eigenvalue weighted by atomic mass is 35.5. The van der Waals surface area contributed by atoms with E-state index in [4.69, 9.17) is 22.3 Å². The van der Waals surface area contributed by atoms with Gasteiger partial charge in [0.15, 0.2) is 0 Å². The summed E-state index contributed by atoms with van der Waals surface area (Å²) in [5.74, 6) is 0. The second kappa shape index (κ2) is 6.42. The maximum Gasteiger partial charge on any atom is 0.0762 e. The number of nitrogens with one attached hydrogen (secondary N) is 1. The third kappa shape index (κ3) is 2.74. The van der Waals surface area contributed by atoms with Gasteiger partial charge in [-0.15, -0.1) is 0 Å². The molecule has 0 saturated heterocycles. The quantitative estimate of drug-likeness (QED) is 0.708. The summed E-state index contributed by atoms with van der Waals surface area (Å²) in [6.07, 6.45) is 3.37. The van der Waals surface area contributed by atoms with Crippen LogP contribution >= 0.6 is 11.6 Å². The Kier molecular flexibility index (Phi) is 4.13. The van der Waals surface area contributed by atoms with Gasteiger partial charge in [-0.1, -0.05) is 35.9 Å². The van der Waals surface area contributed by atoms with Crippen molar-refractivity contribution >= 4 is 28.2 Å². The van der Waals surface area contributed by atoms with Crippen LogP contribution in [0.4, 0.5) is 5.69 Å². The van der Waals surface area contributed by atoms with Gasteiger partial charge in [-0.2, -0.15) is 0 Å². The molecule has 0 fully saturated rings. The minimum Gasteiger partial charge on any atom is -0.384 e. The fraction of sp³-hybridized carbons (Fsp3) is 0.250. The van der Waals surface area contributed by atoms with Crippen molar-refractivity contribution in [2.45, 2.75) is 25.8 Å². The van der Waals surface area contributed by atoms with Crippen molar-refractivity contribution in [2.24, 2.45) is 5.73 Å². The molecule has 0 spiro atoms. The summed E-state index contributed by atoms with van der Waals surface area (Å²) in [5.41, 5.74) is 12.5. The number of rotatable bonds is 2. The first-order chi connectivity index (χ1) is 11.8. The Morgan fingerprint density at radius 1 is 1.08 bits per heavy atom. The minimum absolute atomic E-state index is 0.559. The van der Waals surface area contributed by atoms with Gasteiger partial charge in [-0.25, -0.2) is 4.98 Å². The molecule has 0 amide bonds. The van der Waals surface area contributed by atoms with E-state index in [1.807, 2.05) is 18.2 Å². The van der Waals surface area contributed by atoms with Crippen molar-refractivity contribution in [3.05, 3.63) is 58.6 Å². The highest BCUT2D eigenvalue weighted by Gasteiger charge is 2.18. The zero-order valence-corrected chi connectivity index (χ0v) is 14.2. The fourth-order valence-corrected chi connectivity index (χ4v) is 3.57. The van der Waals surface area contributed by atoms with Crippen molar-refractivity contribution in [3.8, 4) is 11.3 Å². The van der Waals surface area contributed by atoms with E-state index in [-0.39, 0.29) is 0 Å². The molecule has 1 aliphatic rings. The summed E-state index contributed by atoms with van der Waals surface area (Å²) >= 11 is 6.22. The third-order valence-electron chi connectivity index (χ3n) is 4.67. The summed E-state index contributed by atoms with van der Waals surface area (Å²) in [7, 11) is 0. The Morgan fingerprint density at radius 2 is 1.92 bits per heavy atom. The van der Waals surface area contributed by atoms with E-state index in [0.717, 1.165) is 45.7 Å². The van der Waals surface area contributed by atoms with Crippen LogP contribution in [0.5, 0.6) is 0 Å². The largest absolute Gasteiger partial charge is 0.384 e. The number of aromatic nitrogens is 1. The molecule has 4 heteroatoms. The van der Waals surface area contributed by atoms with Gasteiger partial charge in [0, 0.05) is 40.3 Å². The monoisotopic (exact) mass is 337 g/mol. The molecular formula is C20H20ClN3. The standard InChI is InChI=1S/C20H20ClN3/c21-15-8-9-18-17(11-15)20-16(3-1-2-10-23-20)19(24-18)14-6-4-13(12-22)5-7-14/h4-9,11,23H,1-3,10,12,22H2. The molecular weight excluding hydrogens is 318 g/mol. The second-order valence-electron chi connectivity index (χ2n) is 6.26. The van der Waals surface area contributed by atoms with Gasteiger partial charge >= 0.3 is 0 Å². The highest BCUT2D eigenvalue weighted by molar-refractivity contribution is 6.31. The van der Waals surface area contributed by atoms with E-state index < -0.39 is 0 Å². The number of halogens is 1. The van der Waals surface area contributed by atoms with E-state index in [0.29, 0.717) is 6.54 Å². The molecule has 1 aliphatic heterocycles. The lowest BCUT2D eigenvalue weighted by molar-refractivity contribution is 0.785. The van der Waals surface area contributed by atoms with Crippen molar-refractivity contribution < 1.29 is 0 Å². The van der Waals surface area contributed by atoms with Gasteiger partial charge in [0.25, 0.3) is 0 Å². The number of fused-ring (bicyclic) bond motifs is 3. The molecule has 122 valence electrons. The Hall–Kier alpha value is -2.10. The predicted octanol–water partition coefficient (Wildman–Crippen LogP) is 4.76. The highest BCUT2D eigenvalue weighted by Crippen LogP contribution is 2.37. The first-order valence-electron chi connectivity index (χ1n) is 8.41. The first-order valence-corrected chi connectivity index (χ1v) is 8.79. The third-order valence-corrected chi connectivity index (χ3v) is 4.90. The van der Waals surface area contributed by atoms with Crippen LogP contribution in [0.2, 0.25) is 5.02 Å². The number of anilines is 1. The molecule has 1 aromatic heterocycles. The molecule has 2 heterocycles. The number of benzene rings is 2. The van der Waals surface area contributed by atoms with Crippen LogP contribution in [0.3, 0.4) is 0 Å². The van der Waals surface area contributed by atoms with Crippen molar-refractivity contribution in [3.63, 3.8) is 0 Å². The molecule has 3 N–H and O–H groups in total. The summed E-state index contributed by atoms with van der Waals surface area (Å²) in [4.78, 5) is 4.97. The van der Waals surface area contributed by atoms with Crippen molar-refractivity contribution in [1.29, 1.82) is 0 Å². The molecule has 3 aromatic rings. The van der Waals surface area contributed by atoms with E-state index in [1.54, 1.807) is 0 Å². The second-order valence-corrected chi connectivity index (χ2v) is 6.70. The maximum atomic E-state index is 6.22. The Balaban J connectivity index is 1.97. The molecule has 0 unspecified atom stereocenters. The van der Waals surface area contributed by atoms with E-state index >= 15 is 0 Å². The molecule has 2 aromatic carbocycles. The van der Waals surface area contributed by atoms with E-state index in [2.05, 4.69) is 29.6 Å². The van der Waals surface area contributed by atoms with E-state index in [1.165, 1.54) is 24.1 Å². The van der Waals surface area contributed by atoms with Gasteiger partial charge < -0.3 is 11.1 Å². The van der Waals surface area contributed by atoms with E-state index in [9.17, 15) is 0 Å². The summed E-state index contributed by atoms with van der Waals surface area (Å²) in [5, 5.41) is 5.47. The van der Waals surface area contributed by atoms with Crippen molar-refractivity contribution in [1.82, 2.24) is 4.98 Å². The number of nitrogens with two attached hydrogens (primary N) is 1. The average Bonchev–Trinajstić information content (AvgIpc) is 2.87. The van der Waals surface area contributed by atoms with Crippen molar-refractivity contribution in [2.75, 3.05) is 11.9 Å². The molecule has 0 bridgehead atoms. The molecule has 3 nitrogen and oxygen atoms in total. The Bertz CT molecular complexity index is 888. The molecule has 0 atom stereocenters. The smallest absolute Gasteiger partial charge is 0.0762 e. The summed E-state index contributed by atoms with van der Waals surface area (Å²) in [6, 6.07) is 14.3. The van der Waals surface area contributed by atoms with Gasteiger partial charge in [0.05, 0.1) is 11.2 Å². The minimum atomic E-state index is 0.559. The molecule has 24 heavy (non-hydrogen) atoms. The molecule has 0 radical (unpaired) electrons. The van der Waals surface area contributed by atoms with Crippen LogP contribution in [0.15, 0.2) is 42.5 Å². The Labute approximate surface area is 146 Å². The Morgan fingerprint density at radius 3 is 2.71 bits per heavy atom. The lowest BCUT2D eigenvalue weighted by Crippen LogP contribution is -2.03. The summed E-state index contributed by atoms with van der Waals surface area (Å²) in [6.45, 7) is 1.55. The molecule has 0 aliphatic carbocycles. The zero-order chi connectivity index (χ0) is 16.5. The lowest BCUT2D eigenvalue weighted by Gasteiger charge is -2.16. The lowest BCUT2D eigenvalue weighted by atomic mass is 9.97. The van der Waals surface area contributed by atoms with Crippen LogP contribution in [0.25, 0.3) is 22.2 Å². The number of hydrogen-bond donors (Lipinski definition) is 2. The summed E-state index contributed by atoms with van der Waals surface area (Å²) < 4.78 is 0. The topological polar surface area (TPSA) is 50.9 Å². The fourth-order valence-electron chi connectivity index (χ4n) is 3.40. The normalized spacial score (nSPS) is 14.1. The zero-order valence-electron chi connectivity index (χ0n) is 13.5. The van der Waals surface area contributed by atoms with Crippen LogP contribution in [-0.4, -0.2) is 11.5 Å². The number of pyridine rings is 1. The maximum absolute atomic E-state index is 6.22. The predicted molar refractivity (Wildman–Crippen MR) is 102 cm³/mol. The SMILES string of the molecule is NCc1ccc(-c2nc3ccc(Cl)cc3c3c2CCCCN3)cc1. The van der Waals surface area contributed by atoms with Crippen LogP contribution in [-0.2, 0) is 13.0 Å². The first kappa shape index (κ1) is 15.4. The van der Waals surface area contributed by atoms with Gasteiger partial charge in [0.1, 0.15) is 0 Å². The van der Waals surface area contributed by atoms with Crippen LogP contribution < -0.4 is 11.1 Å².